The second-order valence-corrected chi connectivity index (χ2v) is 3.84. The molecule has 0 radical (unpaired) electrons. The normalized spacial score (nSPS) is 14.1. The molecule has 17 heavy (non-hydrogen) atoms. The number of hydrogen-bond donors (Lipinski definition) is 4. The topological polar surface area (TPSA) is 87.0 Å². The Balaban J connectivity index is 3.21. The summed E-state index contributed by atoms with van der Waals surface area (Å²) in [4.78, 5) is 10.7. The number of aldehydes is 1. The van der Waals surface area contributed by atoms with Crippen molar-refractivity contribution < 1.29 is 24.9 Å². The predicted molar refractivity (Wildman–Crippen MR) is 64.9 cm³/mol. The highest BCUT2D eigenvalue weighted by molar-refractivity contribution is 7.80. The Morgan fingerprint density at radius 3 is 2.59 bits per heavy atom. The molecule has 2 unspecified atom stereocenters. The molecule has 5 nitrogen and oxygen atoms in total. The SMILES string of the molecule is COc1cc(C(O)C(O)CS)cc(C=O)c1O. The average Bonchev–Trinajstić information content (AvgIpc) is 2.37. The van der Waals surface area contributed by atoms with E-state index in [-0.39, 0.29) is 28.4 Å². The summed E-state index contributed by atoms with van der Waals surface area (Å²) < 4.78 is 4.87. The number of phenols is 1. The van der Waals surface area contributed by atoms with Crippen LogP contribution in [-0.2, 0) is 0 Å². The molecule has 0 spiro atoms. The van der Waals surface area contributed by atoms with Crippen molar-refractivity contribution in [1.82, 2.24) is 0 Å². The largest absolute Gasteiger partial charge is 0.504 e. The Morgan fingerprint density at radius 1 is 1.47 bits per heavy atom. The average molecular weight is 258 g/mol. The number of aromatic hydroxyl groups is 1. The van der Waals surface area contributed by atoms with Gasteiger partial charge in [-0.3, -0.25) is 4.79 Å². The number of rotatable bonds is 5. The van der Waals surface area contributed by atoms with E-state index in [0.29, 0.717) is 6.29 Å². The van der Waals surface area contributed by atoms with Crippen molar-refractivity contribution in [2.24, 2.45) is 0 Å². The van der Waals surface area contributed by atoms with Gasteiger partial charge in [-0.15, -0.1) is 0 Å². The summed E-state index contributed by atoms with van der Waals surface area (Å²) in [5.41, 5.74) is 0.271. The fourth-order valence-electron chi connectivity index (χ4n) is 1.39. The van der Waals surface area contributed by atoms with Crippen LogP contribution in [0.15, 0.2) is 12.1 Å². The van der Waals surface area contributed by atoms with E-state index in [2.05, 4.69) is 12.6 Å². The van der Waals surface area contributed by atoms with Crippen LogP contribution < -0.4 is 4.74 Å². The van der Waals surface area contributed by atoms with E-state index in [1.807, 2.05) is 0 Å². The number of hydrogen-bond acceptors (Lipinski definition) is 6. The summed E-state index contributed by atoms with van der Waals surface area (Å²) in [6.45, 7) is 0. The van der Waals surface area contributed by atoms with Gasteiger partial charge in [0.2, 0.25) is 0 Å². The van der Waals surface area contributed by atoms with Crippen molar-refractivity contribution in [3.63, 3.8) is 0 Å². The zero-order chi connectivity index (χ0) is 13.0. The third-order valence-electron chi connectivity index (χ3n) is 2.37. The molecule has 0 aliphatic carbocycles. The third kappa shape index (κ3) is 2.91. The van der Waals surface area contributed by atoms with Gasteiger partial charge in [0, 0.05) is 5.75 Å². The van der Waals surface area contributed by atoms with Gasteiger partial charge in [0.25, 0.3) is 0 Å². The first-order chi connectivity index (χ1) is 8.04. The number of carbonyl (C=O) groups excluding carboxylic acids is 1. The van der Waals surface area contributed by atoms with Crippen LogP contribution in [0.3, 0.4) is 0 Å². The van der Waals surface area contributed by atoms with Crippen LogP contribution in [0.1, 0.15) is 22.0 Å². The lowest BCUT2D eigenvalue weighted by Crippen LogP contribution is -2.20. The predicted octanol–water partition coefficient (Wildman–Crippen LogP) is 0.537. The molecular formula is C11H14O5S. The minimum Gasteiger partial charge on any atom is -0.504 e. The standard InChI is InChI=1S/C11H14O5S/c1-16-9-3-6(10(14)8(13)5-17)2-7(4-12)11(9)15/h2-4,8,10,13-15,17H,5H2,1H3. The summed E-state index contributed by atoms with van der Waals surface area (Å²) in [7, 11) is 1.33. The van der Waals surface area contributed by atoms with Gasteiger partial charge in [0.1, 0.15) is 6.10 Å². The molecule has 0 saturated carbocycles. The van der Waals surface area contributed by atoms with Crippen LogP contribution in [0.2, 0.25) is 0 Å². The minimum atomic E-state index is -1.19. The van der Waals surface area contributed by atoms with Crippen LogP contribution in [0.5, 0.6) is 11.5 Å². The van der Waals surface area contributed by atoms with Gasteiger partial charge in [-0.2, -0.15) is 12.6 Å². The number of methoxy groups -OCH3 is 1. The maximum absolute atomic E-state index is 10.7. The monoisotopic (exact) mass is 258 g/mol. The van der Waals surface area contributed by atoms with E-state index in [9.17, 15) is 20.1 Å². The van der Waals surface area contributed by atoms with Gasteiger partial charge < -0.3 is 20.1 Å². The summed E-state index contributed by atoms with van der Waals surface area (Å²) >= 11 is 3.86. The molecule has 0 aliphatic heterocycles. The van der Waals surface area contributed by atoms with Crippen LogP contribution >= 0.6 is 12.6 Å². The molecule has 1 aromatic rings. The fraction of sp³-hybridized carbons (Fsp3) is 0.364. The lowest BCUT2D eigenvalue weighted by Gasteiger charge is -2.18. The number of carbonyl (C=O) groups is 1. The van der Waals surface area contributed by atoms with Crippen molar-refractivity contribution in [3.8, 4) is 11.5 Å². The zero-order valence-corrected chi connectivity index (χ0v) is 10.1. The molecule has 0 amide bonds. The molecule has 0 heterocycles. The molecule has 0 bridgehead atoms. The van der Waals surface area contributed by atoms with Crippen LogP contribution in [0, 0.1) is 0 Å². The van der Waals surface area contributed by atoms with Crippen LogP contribution in [0.4, 0.5) is 0 Å². The van der Waals surface area contributed by atoms with Crippen LogP contribution in [0.25, 0.3) is 0 Å². The molecule has 0 aromatic heterocycles. The number of thiol groups is 1. The van der Waals surface area contributed by atoms with Gasteiger partial charge >= 0.3 is 0 Å². The molecule has 0 fully saturated rings. The Kier molecular flexibility index (Phi) is 4.80. The van der Waals surface area contributed by atoms with E-state index in [1.165, 1.54) is 19.2 Å². The smallest absolute Gasteiger partial charge is 0.168 e. The van der Waals surface area contributed by atoms with Crippen LogP contribution in [-0.4, -0.2) is 40.6 Å². The summed E-state index contributed by atoms with van der Waals surface area (Å²) in [6.07, 6.45) is -1.81. The molecule has 0 saturated heterocycles. The lowest BCUT2D eigenvalue weighted by atomic mass is 10.0. The van der Waals surface area contributed by atoms with Crippen molar-refractivity contribution in [2.75, 3.05) is 12.9 Å². The second-order valence-electron chi connectivity index (χ2n) is 3.47. The quantitative estimate of drug-likeness (QED) is 0.457. The lowest BCUT2D eigenvalue weighted by molar-refractivity contribution is 0.0335. The highest BCUT2D eigenvalue weighted by Crippen LogP contribution is 2.33. The number of phenolic OH excluding ortho intramolecular Hbond substituents is 1. The first-order valence-corrected chi connectivity index (χ1v) is 5.51. The van der Waals surface area contributed by atoms with E-state index in [0.717, 1.165) is 0 Å². The van der Waals surface area contributed by atoms with Gasteiger partial charge in [-0.25, -0.2) is 0 Å². The third-order valence-corrected chi connectivity index (χ3v) is 2.74. The Labute approximate surface area is 104 Å². The van der Waals surface area contributed by atoms with E-state index >= 15 is 0 Å². The van der Waals surface area contributed by atoms with E-state index in [1.54, 1.807) is 0 Å². The second kappa shape index (κ2) is 5.90. The Morgan fingerprint density at radius 2 is 2.12 bits per heavy atom. The molecule has 1 aromatic carbocycles. The molecule has 3 N–H and O–H groups in total. The molecule has 94 valence electrons. The highest BCUT2D eigenvalue weighted by atomic mass is 32.1. The maximum Gasteiger partial charge on any atom is 0.168 e. The van der Waals surface area contributed by atoms with Crippen molar-refractivity contribution in [1.29, 1.82) is 0 Å². The Bertz CT molecular complexity index is 407. The minimum absolute atomic E-state index is 0.00948. The molecule has 1 rings (SSSR count). The van der Waals surface area contributed by atoms with Gasteiger partial charge in [-0.1, -0.05) is 0 Å². The number of aliphatic hydroxyl groups excluding tert-OH is 2. The molecule has 2 atom stereocenters. The van der Waals surface area contributed by atoms with Gasteiger partial charge in [0.15, 0.2) is 17.8 Å². The van der Waals surface area contributed by atoms with Gasteiger partial charge in [-0.05, 0) is 17.7 Å². The van der Waals surface area contributed by atoms with E-state index < -0.39 is 12.2 Å². The molecular weight excluding hydrogens is 244 g/mol. The number of aliphatic hydroxyl groups is 2. The van der Waals surface area contributed by atoms with Crippen molar-refractivity contribution in [2.45, 2.75) is 12.2 Å². The van der Waals surface area contributed by atoms with E-state index in [4.69, 9.17) is 4.74 Å². The van der Waals surface area contributed by atoms with Crippen molar-refractivity contribution in [3.05, 3.63) is 23.3 Å². The first kappa shape index (κ1) is 13.8. The summed E-state index contributed by atoms with van der Waals surface area (Å²) in [6, 6.07) is 2.65. The maximum atomic E-state index is 10.7. The summed E-state index contributed by atoms with van der Waals surface area (Å²) in [5, 5.41) is 28.8. The number of ether oxygens (including phenoxy) is 1. The molecule has 6 heteroatoms. The first-order valence-electron chi connectivity index (χ1n) is 4.88. The summed E-state index contributed by atoms with van der Waals surface area (Å²) in [5.74, 6) is -0.158. The zero-order valence-electron chi connectivity index (χ0n) is 9.20. The fourth-order valence-corrected chi connectivity index (χ4v) is 1.59. The molecule has 0 aliphatic rings. The number of benzene rings is 1. The van der Waals surface area contributed by atoms with Crippen molar-refractivity contribution >= 4 is 18.9 Å². The van der Waals surface area contributed by atoms with Gasteiger partial charge in [0.05, 0.1) is 18.8 Å². The Hall–Kier alpha value is -1.24. The highest BCUT2D eigenvalue weighted by Gasteiger charge is 2.20.